The van der Waals surface area contributed by atoms with Crippen LogP contribution in [-0.2, 0) is 16.1 Å². The predicted molar refractivity (Wildman–Crippen MR) is 87.2 cm³/mol. The lowest BCUT2D eigenvalue weighted by atomic mass is 9.87. The lowest BCUT2D eigenvalue weighted by Gasteiger charge is -2.29. The first-order valence-corrected chi connectivity index (χ1v) is 8.83. The third kappa shape index (κ3) is 2.68. The van der Waals surface area contributed by atoms with Crippen LogP contribution in [0.1, 0.15) is 53.1 Å². The highest BCUT2D eigenvalue weighted by Crippen LogP contribution is 2.37. The van der Waals surface area contributed by atoms with Crippen LogP contribution in [0.2, 0.25) is 0 Å². The van der Waals surface area contributed by atoms with Gasteiger partial charge in [0.15, 0.2) is 0 Å². The van der Waals surface area contributed by atoms with Gasteiger partial charge in [-0.25, -0.2) is 8.78 Å². The molecule has 3 aliphatic heterocycles. The molecule has 1 aromatic rings. The van der Waals surface area contributed by atoms with Gasteiger partial charge in [0.05, 0.1) is 12.1 Å². The summed E-state index contributed by atoms with van der Waals surface area (Å²) in [5.74, 6) is -3.12. The second kappa shape index (κ2) is 6.42. The quantitative estimate of drug-likeness (QED) is 0.774. The highest BCUT2D eigenvalue weighted by Gasteiger charge is 2.41. The molecule has 3 aliphatic rings. The molecule has 3 heterocycles. The molecule has 3 amide bonds. The van der Waals surface area contributed by atoms with Crippen molar-refractivity contribution in [1.29, 1.82) is 0 Å². The summed E-state index contributed by atoms with van der Waals surface area (Å²) in [6.07, 6.45) is 1.58. The minimum Gasteiger partial charge on any atom is -0.322 e. The SMILES string of the molecule is O=C1CC[C@H](N2Cc3c(cc(F)c(C4CCNCC4)c3F)C2=O)C(=O)N1. The van der Waals surface area contributed by atoms with Crippen molar-refractivity contribution in [2.24, 2.45) is 0 Å². The van der Waals surface area contributed by atoms with Gasteiger partial charge < -0.3 is 10.2 Å². The number of hydrogen-bond donors (Lipinski definition) is 2. The van der Waals surface area contributed by atoms with Gasteiger partial charge in [0.2, 0.25) is 11.8 Å². The first kappa shape index (κ1) is 17.1. The Bertz CT molecular complexity index is 805. The van der Waals surface area contributed by atoms with E-state index in [1.54, 1.807) is 0 Å². The molecule has 0 spiro atoms. The van der Waals surface area contributed by atoms with Gasteiger partial charge in [0.25, 0.3) is 5.91 Å². The third-order valence-corrected chi connectivity index (χ3v) is 5.51. The van der Waals surface area contributed by atoms with Gasteiger partial charge in [-0.05, 0) is 44.3 Å². The zero-order valence-corrected chi connectivity index (χ0v) is 14.1. The molecule has 2 saturated heterocycles. The van der Waals surface area contributed by atoms with Crippen LogP contribution in [0, 0.1) is 11.6 Å². The Morgan fingerprint density at radius 1 is 1.08 bits per heavy atom. The highest BCUT2D eigenvalue weighted by molar-refractivity contribution is 6.05. The molecule has 0 aromatic heterocycles. The molecular formula is C18H19F2N3O3. The number of amides is 3. The van der Waals surface area contributed by atoms with E-state index < -0.39 is 29.5 Å². The molecule has 0 aliphatic carbocycles. The Morgan fingerprint density at radius 2 is 1.81 bits per heavy atom. The molecule has 8 heteroatoms. The average molecular weight is 363 g/mol. The van der Waals surface area contributed by atoms with Gasteiger partial charge in [-0.15, -0.1) is 0 Å². The van der Waals surface area contributed by atoms with Crippen LogP contribution in [0.15, 0.2) is 6.07 Å². The first-order valence-electron chi connectivity index (χ1n) is 8.83. The molecule has 4 rings (SSSR count). The lowest BCUT2D eigenvalue weighted by molar-refractivity contribution is -0.136. The maximum absolute atomic E-state index is 15.1. The molecular weight excluding hydrogens is 344 g/mol. The molecule has 0 saturated carbocycles. The number of carbonyl (C=O) groups excluding carboxylic acids is 3. The predicted octanol–water partition coefficient (Wildman–Crippen LogP) is 1.19. The van der Waals surface area contributed by atoms with Crippen LogP contribution in [0.25, 0.3) is 0 Å². The molecule has 138 valence electrons. The summed E-state index contributed by atoms with van der Waals surface area (Å²) in [6, 6.07) is 0.265. The van der Waals surface area contributed by atoms with Gasteiger partial charge in [-0.3, -0.25) is 19.7 Å². The Morgan fingerprint density at radius 3 is 2.50 bits per heavy atom. The van der Waals surface area contributed by atoms with Gasteiger partial charge in [0.1, 0.15) is 17.7 Å². The maximum Gasteiger partial charge on any atom is 0.255 e. The van der Waals surface area contributed by atoms with Gasteiger partial charge in [0, 0.05) is 17.5 Å². The zero-order chi connectivity index (χ0) is 18.4. The summed E-state index contributed by atoms with van der Waals surface area (Å²) < 4.78 is 29.7. The van der Waals surface area contributed by atoms with Crippen molar-refractivity contribution in [3.63, 3.8) is 0 Å². The fourth-order valence-corrected chi connectivity index (χ4v) is 4.14. The number of nitrogens with zero attached hydrogens (tertiary/aromatic N) is 1. The number of benzene rings is 1. The van der Waals surface area contributed by atoms with Crippen LogP contribution in [0.5, 0.6) is 0 Å². The van der Waals surface area contributed by atoms with E-state index in [0.29, 0.717) is 25.9 Å². The molecule has 2 N–H and O–H groups in total. The van der Waals surface area contributed by atoms with Crippen LogP contribution >= 0.6 is 0 Å². The summed E-state index contributed by atoms with van der Waals surface area (Å²) in [7, 11) is 0. The number of carbonyl (C=O) groups is 3. The first-order chi connectivity index (χ1) is 12.5. The van der Waals surface area contributed by atoms with Crippen molar-refractivity contribution < 1.29 is 23.2 Å². The number of nitrogens with one attached hydrogen (secondary N) is 2. The van der Waals surface area contributed by atoms with Crippen LogP contribution in [-0.4, -0.2) is 41.8 Å². The number of halogens is 2. The van der Waals surface area contributed by atoms with E-state index in [0.717, 1.165) is 6.07 Å². The number of imide groups is 1. The molecule has 0 radical (unpaired) electrons. The van der Waals surface area contributed by atoms with Crippen molar-refractivity contribution in [3.8, 4) is 0 Å². The fraction of sp³-hybridized carbons (Fsp3) is 0.500. The monoisotopic (exact) mass is 363 g/mol. The van der Waals surface area contributed by atoms with Crippen molar-refractivity contribution in [1.82, 2.24) is 15.5 Å². The number of rotatable bonds is 2. The Balaban J connectivity index is 1.67. The summed E-state index contributed by atoms with van der Waals surface area (Å²) in [4.78, 5) is 37.2. The smallest absolute Gasteiger partial charge is 0.255 e. The highest BCUT2D eigenvalue weighted by atomic mass is 19.1. The fourth-order valence-electron chi connectivity index (χ4n) is 4.14. The summed E-state index contributed by atoms with van der Waals surface area (Å²) in [6.45, 7) is 1.31. The van der Waals surface area contributed by atoms with Crippen LogP contribution in [0.3, 0.4) is 0 Å². The topological polar surface area (TPSA) is 78.5 Å². The molecule has 1 atom stereocenters. The van der Waals surface area contributed by atoms with Crippen LogP contribution in [0.4, 0.5) is 8.78 Å². The Kier molecular flexibility index (Phi) is 4.22. The van der Waals surface area contributed by atoms with E-state index >= 15 is 4.39 Å². The van der Waals surface area contributed by atoms with Gasteiger partial charge in [-0.2, -0.15) is 0 Å². The van der Waals surface area contributed by atoms with Crippen molar-refractivity contribution >= 4 is 17.7 Å². The van der Waals surface area contributed by atoms with Crippen molar-refractivity contribution in [2.75, 3.05) is 13.1 Å². The number of fused-ring (bicyclic) bond motifs is 1. The Labute approximate surface area is 148 Å². The van der Waals surface area contributed by atoms with Gasteiger partial charge >= 0.3 is 0 Å². The molecule has 26 heavy (non-hydrogen) atoms. The van der Waals surface area contributed by atoms with Crippen LogP contribution < -0.4 is 10.6 Å². The molecule has 0 unspecified atom stereocenters. The minimum atomic E-state index is -0.836. The standard InChI is InChI=1S/C18H19F2N3O3/c19-12-7-10-11(16(20)15(12)9-3-5-21-6-4-9)8-23(18(10)26)13-1-2-14(24)22-17(13)25/h7,9,13,21H,1-6,8H2,(H,22,24,25)/t13-/m0/s1. The molecule has 6 nitrogen and oxygen atoms in total. The Hall–Kier alpha value is -2.35. The molecule has 1 aromatic carbocycles. The lowest BCUT2D eigenvalue weighted by Crippen LogP contribution is -2.52. The summed E-state index contributed by atoms with van der Waals surface area (Å²) in [5.41, 5.74) is 0.167. The van der Waals surface area contributed by atoms with Crippen molar-refractivity contribution in [3.05, 3.63) is 34.4 Å². The largest absolute Gasteiger partial charge is 0.322 e. The summed E-state index contributed by atoms with van der Waals surface area (Å²) >= 11 is 0. The second-order valence-electron chi connectivity index (χ2n) is 7.04. The van der Waals surface area contributed by atoms with E-state index in [1.807, 2.05) is 0 Å². The van der Waals surface area contributed by atoms with E-state index in [-0.39, 0.29) is 47.9 Å². The molecule has 0 bridgehead atoms. The van der Waals surface area contributed by atoms with E-state index in [9.17, 15) is 18.8 Å². The number of hydrogen-bond acceptors (Lipinski definition) is 4. The van der Waals surface area contributed by atoms with E-state index in [1.165, 1.54) is 4.90 Å². The average Bonchev–Trinajstić information content (AvgIpc) is 2.93. The summed E-state index contributed by atoms with van der Waals surface area (Å²) in [5, 5.41) is 5.36. The van der Waals surface area contributed by atoms with E-state index in [4.69, 9.17) is 0 Å². The normalized spacial score (nSPS) is 24.0. The maximum atomic E-state index is 15.1. The third-order valence-electron chi connectivity index (χ3n) is 5.51. The molecule has 2 fully saturated rings. The van der Waals surface area contributed by atoms with E-state index in [2.05, 4.69) is 10.6 Å². The number of piperidine rings is 2. The minimum absolute atomic E-state index is 0.0256. The van der Waals surface area contributed by atoms with Gasteiger partial charge in [-0.1, -0.05) is 0 Å². The second-order valence-corrected chi connectivity index (χ2v) is 7.04. The van der Waals surface area contributed by atoms with Crippen molar-refractivity contribution in [2.45, 2.75) is 44.2 Å². The zero-order valence-electron chi connectivity index (χ0n) is 14.1.